The molecule has 24 heavy (non-hydrogen) atoms. The molecular weight excluding hydrogens is 404 g/mol. The van der Waals surface area contributed by atoms with Crippen LogP contribution in [0, 0.1) is 0 Å². The van der Waals surface area contributed by atoms with Crippen LogP contribution in [0.25, 0.3) is 0 Å². The Morgan fingerprint density at radius 1 is 1.04 bits per heavy atom. The number of halogens is 1. The van der Waals surface area contributed by atoms with E-state index < -0.39 is 0 Å². The second-order valence-electron chi connectivity index (χ2n) is 5.15. The SMILES string of the molecule is Brc1ccc(C2=Nn3c(CSc4ccccc4)nnc3SC2)cc1. The lowest BCUT2D eigenvalue weighted by Crippen LogP contribution is -2.14. The quantitative estimate of drug-likeness (QED) is 0.578. The summed E-state index contributed by atoms with van der Waals surface area (Å²) in [5, 5.41) is 14.2. The highest BCUT2D eigenvalue weighted by molar-refractivity contribution is 9.10. The van der Waals surface area contributed by atoms with Crippen LogP contribution in [0.4, 0.5) is 0 Å². The van der Waals surface area contributed by atoms with Gasteiger partial charge in [-0.15, -0.1) is 22.0 Å². The van der Waals surface area contributed by atoms with Crippen LogP contribution in [0.5, 0.6) is 0 Å². The van der Waals surface area contributed by atoms with E-state index in [1.807, 2.05) is 35.0 Å². The molecule has 0 bridgehead atoms. The van der Waals surface area contributed by atoms with Crippen molar-refractivity contribution in [3.05, 3.63) is 70.5 Å². The molecule has 1 aliphatic rings. The van der Waals surface area contributed by atoms with Gasteiger partial charge in [-0.25, -0.2) is 0 Å². The molecule has 1 aromatic heterocycles. The third-order valence-electron chi connectivity index (χ3n) is 3.52. The molecule has 4 nitrogen and oxygen atoms in total. The molecule has 1 aliphatic heterocycles. The van der Waals surface area contributed by atoms with Crippen LogP contribution in [0.15, 0.2) is 74.2 Å². The van der Waals surface area contributed by atoms with E-state index in [4.69, 9.17) is 5.10 Å². The van der Waals surface area contributed by atoms with Crippen molar-refractivity contribution in [2.45, 2.75) is 15.8 Å². The Bertz CT molecular complexity index is 875. The highest BCUT2D eigenvalue weighted by Gasteiger charge is 2.19. The van der Waals surface area contributed by atoms with E-state index in [0.29, 0.717) is 0 Å². The highest BCUT2D eigenvalue weighted by atomic mass is 79.9. The van der Waals surface area contributed by atoms with Crippen LogP contribution in [-0.2, 0) is 5.75 Å². The van der Waals surface area contributed by atoms with Crippen molar-refractivity contribution >= 4 is 45.2 Å². The molecule has 0 atom stereocenters. The van der Waals surface area contributed by atoms with Gasteiger partial charge < -0.3 is 0 Å². The van der Waals surface area contributed by atoms with Crippen LogP contribution in [0.3, 0.4) is 0 Å². The van der Waals surface area contributed by atoms with Crippen LogP contribution in [-0.4, -0.2) is 26.3 Å². The predicted molar refractivity (Wildman–Crippen MR) is 103 cm³/mol. The van der Waals surface area contributed by atoms with Gasteiger partial charge in [0.05, 0.1) is 11.5 Å². The zero-order valence-corrected chi connectivity index (χ0v) is 15.8. The molecule has 0 N–H and O–H groups in total. The molecule has 2 aromatic carbocycles. The second-order valence-corrected chi connectivity index (χ2v) is 8.06. The number of fused-ring (bicyclic) bond motifs is 1. The maximum Gasteiger partial charge on any atom is 0.212 e. The average molecular weight is 417 g/mol. The number of rotatable bonds is 4. The zero-order chi connectivity index (χ0) is 16.4. The van der Waals surface area contributed by atoms with Gasteiger partial charge in [-0.05, 0) is 29.8 Å². The molecule has 120 valence electrons. The van der Waals surface area contributed by atoms with E-state index in [9.17, 15) is 0 Å². The van der Waals surface area contributed by atoms with Crippen LogP contribution < -0.4 is 0 Å². The first-order valence-corrected chi connectivity index (χ1v) is 10.1. The van der Waals surface area contributed by atoms with Gasteiger partial charge in [0, 0.05) is 15.1 Å². The van der Waals surface area contributed by atoms with Crippen molar-refractivity contribution in [1.82, 2.24) is 14.9 Å². The minimum absolute atomic E-state index is 0.745. The lowest BCUT2D eigenvalue weighted by molar-refractivity contribution is 0.731. The standard InChI is InChI=1S/C17H13BrN4S2/c18-13-8-6-12(7-9-13)15-10-24-17-20-19-16(22(17)21-15)11-23-14-4-2-1-3-5-14/h1-9H,10-11H2. The van der Waals surface area contributed by atoms with Gasteiger partial charge >= 0.3 is 0 Å². The molecule has 0 saturated carbocycles. The fraction of sp³-hybridized carbons (Fsp3) is 0.118. The molecular formula is C17H13BrN4S2. The number of benzene rings is 2. The van der Waals surface area contributed by atoms with Gasteiger partial charge in [-0.2, -0.15) is 9.78 Å². The first-order valence-electron chi connectivity index (χ1n) is 7.38. The third kappa shape index (κ3) is 3.43. The van der Waals surface area contributed by atoms with Gasteiger partial charge in [-0.3, -0.25) is 0 Å². The van der Waals surface area contributed by atoms with Crippen molar-refractivity contribution in [2.75, 3.05) is 5.75 Å². The molecule has 0 aliphatic carbocycles. The normalized spacial score (nSPS) is 13.5. The highest BCUT2D eigenvalue weighted by Crippen LogP contribution is 2.28. The Morgan fingerprint density at radius 2 is 1.83 bits per heavy atom. The predicted octanol–water partition coefficient (Wildman–Crippen LogP) is 4.69. The van der Waals surface area contributed by atoms with E-state index in [1.165, 1.54) is 4.90 Å². The molecule has 0 amide bonds. The second kappa shape index (κ2) is 7.13. The Hall–Kier alpha value is -1.57. The third-order valence-corrected chi connectivity index (χ3v) is 5.99. The van der Waals surface area contributed by atoms with Gasteiger partial charge in [-0.1, -0.05) is 58.0 Å². The summed E-state index contributed by atoms with van der Waals surface area (Å²) in [6.45, 7) is 0. The molecule has 0 saturated heterocycles. The van der Waals surface area contributed by atoms with Crippen molar-refractivity contribution < 1.29 is 0 Å². The van der Waals surface area contributed by atoms with E-state index in [2.05, 4.69) is 50.4 Å². The van der Waals surface area contributed by atoms with Gasteiger partial charge in [0.15, 0.2) is 5.82 Å². The maximum absolute atomic E-state index is 4.78. The molecule has 0 spiro atoms. The van der Waals surface area contributed by atoms with Crippen LogP contribution in [0.2, 0.25) is 0 Å². The summed E-state index contributed by atoms with van der Waals surface area (Å²) >= 11 is 6.89. The zero-order valence-electron chi connectivity index (χ0n) is 12.6. The van der Waals surface area contributed by atoms with Crippen molar-refractivity contribution in [3.8, 4) is 0 Å². The van der Waals surface area contributed by atoms with Gasteiger partial charge in [0.1, 0.15) is 0 Å². The smallest absolute Gasteiger partial charge is 0.190 e. The molecule has 4 rings (SSSR count). The maximum atomic E-state index is 4.78. The van der Waals surface area contributed by atoms with E-state index in [1.54, 1.807) is 23.5 Å². The molecule has 2 heterocycles. The van der Waals surface area contributed by atoms with Crippen LogP contribution in [0.1, 0.15) is 11.4 Å². The number of nitrogens with zero attached hydrogens (tertiary/aromatic N) is 4. The monoisotopic (exact) mass is 416 g/mol. The first-order chi connectivity index (χ1) is 11.8. The van der Waals surface area contributed by atoms with Crippen molar-refractivity contribution in [1.29, 1.82) is 0 Å². The fourth-order valence-corrected chi connectivity index (χ4v) is 4.25. The summed E-state index contributed by atoms with van der Waals surface area (Å²) in [4.78, 5) is 1.22. The van der Waals surface area contributed by atoms with E-state index in [-0.39, 0.29) is 0 Å². The number of hydrogen-bond donors (Lipinski definition) is 0. The van der Waals surface area contributed by atoms with E-state index in [0.717, 1.165) is 38.2 Å². The largest absolute Gasteiger partial charge is 0.212 e. The van der Waals surface area contributed by atoms with E-state index >= 15 is 0 Å². The minimum atomic E-state index is 0.745. The number of hydrogen-bond acceptors (Lipinski definition) is 5. The molecule has 0 radical (unpaired) electrons. The van der Waals surface area contributed by atoms with Crippen molar-refractivity contribution in [3.63, 3.8) is 0 Å². The van der Waals surface area contributed by atoms with Crippen LogP contribution >= 0.6 is 39.5 Å². The lowest BCUT2D eigenvalue weighted by atomic mass is 10.1. The Labute approximate surface area is 156 Å². The van der Waals surface area contributed by atoms with Gasteiger partial charge in [0.2, 0.25) is 5.16 Å². The number of thioether (sulfide) groups is 2. The van der Waals surface area contributed by atoms with Crippen molar-refractivity contribution in [2.24, 2.45) is 5.10 Å². The topological polar surface area (TPSA) is 43.1 Å². The average Bonchev–Trinajstić information content (AvgIpc) is 3.04. The molecule has 7 heteroatoms. The first kappa shape index (κ1) is 15.9. The molecule has 3 aromatic rings. The fourth-order valence-electron chi connectivity index (χ4n) is 2.31. The summed E-state index contributed by atoms with van der Waals surface area (Å²) in [5.74, 6) is 2.43. The number of aromatic nitrogens is 3. The lowest BCUT2D eigenvalue weighted by Gasteiger charge is -2.14. The Kier molecular flexibility index (Phi) is 4.73. The van der Waals surface area contributed by atoms with Gasteiger partial charge in [0.25, 0.3) is 0 Å². The molecule has 0 fully saturated rings. The summed E-state index contributed by atoms with van der Waals surface area (Å²) in [7, 11) is 0. The minimum Gasteiger partial charge on any atom is -0.190 e. The Balaban J connectivity index is 1.58. The summed E-state index contributed by atoms with van der Waals surface area (Å²) in [6, 6.07) is 18.5. The Morgan fingerprint density at radius 3 is 2.62 bits per heavy atom. The summed E-state index contributed by atoms with van der Waals surface area (Å²) in [5.41, 5.74) is 2.18. The summed E-state index contributed by atoms with van der Waals surface area (Å²) < 4.78 is 2.95. The summed E-state index contributed by atoms with van der Waals surface area (Å²) in [6.07, 6.45) is 0. The molecule has 0 unspecified atom stereocenters.